The van der Waals surface area contributed by atoms with Crippen molar-refractivity contribution in [3.8, 4) is 0 Å². The predicted octanol–water partition coefficient (Wildman–Crippen LogP) is 4.05. The van der Waals surface area contributed by atoms with Gasteiger partial charge in [0.25, 0.3) is 0 Å². The van der Waals surface area contributed by atoms with Crippen molar-refractivity contribution < 1.29 is 4.39 Å². The van der Waals surface area contributed by atoms with E-state index < -0.39 is 0 Å². The minimum Gasteiger partial charge on any atom is -0.378 e. The first-order chi connectivity index (χ1) is 9.47. The maximum Gasteiger partial charge on any atom is 0.148 e. The van der Waals surface area contributed by atoms with Crippen molar-refractivity contribution in [3.63, 3.8) is 0 Å². The Morgan fingerprint density at radius 1 is 1.40 bits per heavy atom. The molecule has 0 saturated heterocycles. The lowest BCUT2D eigenvalue weighted by molar-refractivity contribution is 0.614. The van der Waals surface area contributed by atoms with E-state index in [9.17, 15) is 4.39 Å². The average Bonchev–Trinajstić information content (AvgIpc) is 2.81. The first-order valence-corrected chi connectivity index (χ1v) is 7.52. The van der Waals surface area contributed by atoms with Gasteiger partial charge in [0.05, 0.1) is 12.2 Å². The number of aromatic nitrogens is 1. The third kappa shape index (κ3) is 3.48. The van der Waals surface area contributed by atoms with Gasteiger partial charge in [-0.3, -0.25) is 0 Å². The summed E-state index contributed by atoms with van der Waals surface area (Å²) in [6.07, 6.45) is 0. The fourth-order valence-electron chi connectivity index (χ4n) is 1.84. The first-order valence-electron chi connectivity index (χ1n) is 6.64. The van der Waals surface area contributed by atoms with Gasteiger partial charge in [-0.05, 0) is 39.0 Å². The average molecular weight is 293 g/mol. The van der Waals surface area contributed by atoms with Crippen LogP contribution in [0.1, 0.15) is 24.5 Å². The highest BCUT2D eigenvalue weighted by atomic mass is 32.1. The molecule has 0 atom stereocenters. The summed E-state index contributed by atoms with van der Waals surface area (Å²) in [4.78, 5) is 6.29. The number of aryl methyl sites for hydroxylation is 1. The number of nitrogens with zero attached hydrogens (tertiary/aromatic N) is 2. The predicted molar refractivity (Wildman–Crippen MR) is 84.1 cm³/mol. The van der Waals surface area contributed by atoms with Crippen molar-refractivity contribution >= 4 is 22.7 Å². The fourth-order valence-corrected chi connectivity index (χ4v) is 2.55. The molecule has 5 heteroatoms. The van der Waals surface area contributed by atoms with Crippen molar-refractivity contribution in [1.29, 1.82) is 0 Å². The molecule has 20 heavy (non-hydrogen) atoms. The monoisotopic (exact) mass is 293 g/mol. The Kier molecular flexibility index (Phi) is 4.60. The minimum atomic E-state index is -0.207. The molecule has 0 aliphatic carbocycles. The summed E-state index contributed by atoms with van der Waals surface area (Å²) in [5, 5.41) is 6.22. The number of hydrogen-bond acceptors (Lipinski definition) is 4. The molecule has 0 aliphatic heterocycles. The highest BCUT2D eigenvalue weighted by molar-refractivity contribution is 7.09. The van der Waals surface area contributed by atoms with Crippen LogP contribution in [-0.2, 0) is 6.54 Å². The zero-order valence-corrected chi connectivity index (χ0v) is 13.1. The van der Waals surface area contributed by atoms with Crippen molar-refractivity contribution in [3.05, 3.63) is 40.1 Å². The van der Waals surface area contributed by atoms with Crippen LogP contribution in [0.2, 0.25) is 0 Å². The highest BCUT2D eigenvalue weighted by Gasteiger charge is 2.11. The van der Waals surface area contributed by atoms with E-state index in [1.165, 1.54) is 6.07 Å². The second kappa shape index (κ2) is 6.22. The molecule has 2 aromatic rings. The minimum absolute atomic E-state index is 0.207. The van der Waals surface area contributed by atoms with Gasteiger partial charge < -0.3 is 10.2 Å². The van der Waals surface area contributed by atoms with E-state index in [1.807, 2.05) is 50.2 Å². The van der Waals surface area contributed by atoms with Crippen molar-refractivity contribution in [2.24, 2.45) is 0 Å². The number of anilines is 2. The van der Waals surface area contributed by atoms with E-state index in [2.05, 4.69) is 10.3 Å². The van der Waals surface area contributed by atoms with Crippen LogP contribution in [0.15, 0.2) is 23.6 Å². The van der Waals surface area contributed by atoms with E-state index in [0.717, 1.165) is 16.4 Å². The van der Waals surface area contributed by atoms with Crippen LogP contribution in [-0.4, -0.2) is 18.1 Å². The lowest BCUT2D eigenvalue weighted by atomic mass is 10.2. The van der Waals surface area contributed by atoms with Crippen LogP contribution in [0, 0.1) is 12.7 Å². The Balaban J connectivity index is 2.05. The molecule has 108 valence electrons. The van der Waals surface area contributed by atoms with Crippen molar-refractivity contribution in [1.82, 2.24) is 4.98 Å². The Morgan fingerprint density at radius 2 is 2.15 bits per heavy atom. The van der Waals surface area contributed by atoms with Crippen molar-refractivity contribution in [2.75, 3.05) is 17.3 Å². The number of rotatable bonds is 5. The quantitative estimate of drug-likeness (QED) is 0.901. The summed E-state index contributed by atoms with van der Waals surface area (Å²) in [5.74, 6) is -0.207. The van der Waals surface area contributed by atoms with Gasteiger partial charge in [-0.1, -0.05) is 0 Å². The largest absolute Gasteiger partial charge is 0.378 e. The van der Waals surface area contributed by atoms with Crippen LogP contribution >= 0.6 is 11.3 Å². The van der Waals surface area contributed by atoms with Gasteiger partial charge >= 0.3 is 0 Å². The van der Waals surface area contributed by atoms with Crippen LogP contribution in [0.4, 0.5) is 15.8 Å². The van der Waals surface area contributed by atoms with Gasteiger partial charge in [0.1, 0.15) is 10.8 Å². The third-order valence-electron chi connectivity index (χ3n) is 3.21. The molecule has 1 N–H and O–H groups in total. The van der Waals surface area contributed by atoms with Gasteiger partial charge in [0, 0.05) is 29.9 Å². The van der Waals surface area contributed by atoms with E-state index >= 15 is 0 Å². The zero-order valence-electron chi connectivity index (χ0n) is 12.3. The highest BCUT2D eigenvalue weighted by Crippen LogP contribution is 2.24. The summed E-state index contributed by atoms with van der Waals surface area (Å²) < 4.78 is 14.1. The smallest absolute Gasteiger partial charge is 0.148 e. The molecule has 0 bridgehead atoms. The number of hydrogen-bond donors (Lipinski definition) is 1. The summed E-state index contributed by atoms with van der Waals surface area (Å²) >= 11 is 1.61. The molecule has 0 radical (unpaired) electrons. The maximum atomic E-state index is 14.1. The zero-order chi connectivity index (χ0) is 14.7. The second-order valence-corrected chi connectivity index (χ2v) is 6.05. The van der Waals surface area contributed by atoms with Gasteiger partial charge in [0.2, 0.25) is 0 Å². The second-order valence-electron chi connectivity index (χ2n) is 5.11. The molecule has 1 heterocycles. The van der Waals surface area contributed by atoms with E-state index in [-0.39, 0.29) is 11.9 Å². The van der Waals surface area contributed by atoms with Crippen LogP contribution in [0.3, 0.4) is 0 Å². The molecule has 1 aromatic heterocycles. The Labute approximate surface area is 123 Å². The Morgan fingerprint density at radius 3 is 2.70 bits per heavy atom. The maximum absolute atomic E-state index is 14.1. The van der Waals surface area contributed by atoms with E-state index in [1.54, 1.807) is 11.3 Å². The van der Waals surface area contributed by atoms with E-state index in [4.69, 9.17) is 0 Å². The lowest BCUT2D eigenvalue weighted by Crippen LogP contribution is -2.26. The molecular formula is C15H20FN3S. The topological polar surface area (TPSA) is 28.2 Å². The number of halogens is 1. The lowest BCUT2D eigenvalue weighted by Gasteiger charge is -2.24. The number of thiazole rings is 1. The van der Waals surface area contributed by atoms with Gasteiger partial charge in [-0.2, -0.15) is 0 Å². The molecule has 0 amide bonds. The van der Waals surface area contributed by atoms with E-state index in [0.29, 0.717) is 12.2 Å². The third-order valence-corrected chi connectivity index (χ3v) is 4.18. The summed E-state index contributed by atoms with van der Waals surface area (Å²) in [7, 11) is 1.90. The number of nitrogens with one attached hydrogen (secondary N) is 1. The Hall–Kier alpha value is -1.62. The molecular weight excluding hydrogens is 273 g/mol. The summed E-state index contributed by atoms with van der Waals surface area (Å²) in [6.45, 7) is 6.67. The first kappa shape index (κ1) is 14.8. The van der Waals surface area contributed by atoms with Gasteiger partial charge in [-0.25, -0.2) is 9.37 Å². The van der Waals surface area contributed by atoms with Crippen LogP contribution in [0.25, 0.3) is 0 Å². The number of benzene rings is 1. The molecule has 0 unspecified atom stereocenters. The SMILES string of the molecule is Cc1csc(CNc2ccc(N(C)C(C)C)c(F)c2)n1. The van der Waals surface area contributed by atoms with Gasteiger partial charge in [0.15, 0.2) is 0 Å². The molecule has 0 spiro atoms. The van der Waals surface area contributed by atoms with Crippen molar-refractivity contribution in [2.45, 2.75) is 33.4 Å². The molecule has 0 fully saturated rings. The molecule has 0 saturated carbocycles. The van der Waals surface area contributed by atoms with Crippen LogP contribution in [0.5, 0.6) is 0 Å². The molecule has 1 aromatic carbocycles. The molecule has 0 aliphatic rings. The molecule has 2 rings (SSSR count). The summed E-state index contributed by atoms with van der Waals surface area (Å²) in [6, 6.07) is 5.51. The summed E-state index contributed by atoms with van der Waals surface area (Å²) in [5.41, 5.74) is 2.42. The normalized spacial score (nSPS) is 10.9. The fraction of sp³-hybridized carbons (Fsp3) is 0.400. The Bertz CT molecular complexity index is 580. The standard InChI is InChI=1S/C15H20FN3S/c1-10(2)19(4)14-6-5-12(7-13(14)16)17-8-15-18-11(3)9-20-15/h5-7,9-10,17H,8H2,1-4H3. The van der Waals surface area contributed by atoms with Gasteiger partial charge in [-0.15, -0.1) is 11.3 Å². The molecule has 3 nitrogen and oxygen atoms in total. The van der Waals surface area contributed by atoms with Crippen LogP contribution < -0.4 is 10.2 Å².